The van der Waals surface area contributed by atoms with E-state index in [1.54, 1.807) is 44.3 Å². The van der Waals surface area contributed by atoms with Crippen molar-refractivity contribution in [1.29, 1.82) is 0 Å². The Morgan fingerprint density at radius 2 is 1.93 bits per heavy atom. The lowest BCUT2D eigenvalue weighted by Crippen LogP contribution is -2.55. The van der Waals surface area contributed by atoms with E-state index in [1.807, 2.05) is 6.07 Å². The van der Waals surface area contributed by atoms with Gasteiger partial charge in [-0.1, -0.05) is 0 Å². The molecule has 9 heteroatoms. The van der Waals surface area contributed by atoms with Crippen LogP contribution in [0.1, 0.15) is 11.8 Å². The van der Waals surface area contributed by atoms with Crippen LogP contribution in [0.25, 0.3) is 0 Å². The molecule has 1 aliphatic rings. The Kier molecular flexibility index (Phi) is 6.27. The van der Waals surface area contributed by atoms with Crippen molar-refractivity contribution in [3.63, 3.8) is 0 Å². The second kappa shape index (κ2) is 8.32. The predicted molar refractivity (Wildman–Crippen MR) is 108 cm³/mol. The summed E-state index contributed by atoms with van der Waals surface area (Å²) in [7, 11) is -2.39. The van der Waals surface area contributed by atoms with E-state index in [4.69, 9.17) is 4.74 Å². The average molecular weight is 408 g/mol. The number of thiophene rings is 1. The molecule has 1 saturated heterocycles. The number of hydrogen-bond acceptors (Lipinski definition) is 7. The van der Waals surface area contributed by atoms with Crippen molar-refractivity contribution in [2.45, 2.75) is 35.4 Å². The summed E-state index contributed by atoms with van der Waals surface area (Å²) in [4.78, 5) is 5.68. The van der Waals surface area contributed by atoms with E-state index in [2.05, 4.69) is 16.6 Å². The predicted octanol–water partition coefficient (Wildman–Crippen LogP) is 2.21. The first-order valence-electron chi connectivity index (χ1n) is 8.95. The number of methoxy groups -OCH3 is 1. The second-order valence-electron chi connectivity index (χ2n) is 6.85. The molecule has 0 saturated carbocycles. The highest BCUT2D eigenvalue weighted by atomic mass is 32.2. The van der Waals surface area contributed by atoms with Gasteiger partial charge in [0.25, 0.3) is 0 Å². The minimum atomic E-state index is -3.51. The summed E-state index contributed by atoms with van der Waals surface area (Å²) in [6, 6.07) is 10.4. The van der Waals surface area contributed by atoms with E-state index in [-0.39, 0.29) is 4.90 Å². The molecule has 1 N–H and O–H groups in total. The van der Waals surface area contributed by atoms with Crippen LogP contribution in [0, 0.1) is 0 Å². The van der Waals surface area contributed by atoms with E-state index in [1.165, 1.54) is 11.3 Å². The maximum Gasteiger partial charge on any atom is 0.376 e. The molecule has 0 aliphatic carbocycles. The van der Waals surface area contributed by atoms with Crippen LogP contribution in [-0.4, -0.2) is 63.0 Å². The number of ether oxygens (including phenoxy) is 1. The molecule has 27 heavy (non-hydrogen) atoms. The van der Waals surface area contributed by atoms with Gasteiger partial charge in [-0.3, -0.25) is 4.90 Å². The first-order chi connectivity index (χ1) is 12.8. The maximum absolute atomic E-state index is 12.8. The number of piperazine rings is 1. The lowest BCUT2D eigenvalue weighted by Gasteiger charge is -2.40. The van der Waals surface area contributed by atoms with Crippen LogP contribution < -0.4 is 4.74 Å². The van der Waals surface area contributed by atoms with Crippen LogP contribution >= 0.6 is 11.3 Å². The van der Waals surface area contributed by atoms with Crippen molar-refractivity contribution in [3.05, 3.63) is 41.3 Å². The van der Waals surface area contributed by atoms with Crippen molar-refractivity contribution in [2.75, 3.05) is 26.7 Å². The van der Waals surface area contributed by atoms with Crippen molar-refractivity contribution < 1.29 is 18.2 Å². The Morgan fingerprint density at radius 1 is 1.22 bits per heavy atom. The zero-order valence-corrected chi connectivity index (χ0v) is 17.5. The standard InChI is InChI=1S/C18H25BN2O4S2/c1-14-12-21(19(2)22)11-10-20(14)13-16-6-9-18(26-16)27(23,24)17-7-4-15(25-3)5-8-17/h4-9,14,22H,10-13H2,1-3H3/t14-/m1/s1. The van der Waals surface area contributed by atoms with Crippen LogP contribution in [0.3, 0.4) is 0 Å². The van der Waals surface area contributed by atoms with E-state index >= 15 is 0 Å². The fourth-order valence-corrected chi connectivity index (χ4v) is 6.04. The summed E-state index contributed by atoms with van der Waals surface area (Å²) in [6.45, 7) is 7.11. The second-order valence-corrected chi connectivity index (χ2v) is 10.2. The molecule has 6 nitrogen and oxygen atoms in total. The topological polar surface area (TPSA) is 70.1 Å². The van der Waals surface area contributed by atoms with Crippen LogP contribution in [0.5, 0.6) is 5.75 Å². The van der Waals surface area contributed by atoms with Gasteiger partial charge >= 0.3 is 7.05 Å². The van der Waals surface area contributed by atoms with Crippen LogP contribution in [0.15, 0.2) is 45.5 Å². The normalized spacial score (nSPS) is 19.2. The zero-order chi connectivity index (χ0) is 19.6. The summed E-state index contributed by atoms with van der Waals surface area (Å²) < 4.78 is 31.1. The van der Waals surface area contributed by atoms with Gasteiger partial charge in [0.1, 0.15) is 9.96 Å². The third-order valence-electron chi connectivity index (χ3n) is 4.96. The molecule has 146 valence electrons. The first kappa shape index (κ1) is 20.4. The van der Waals surface area contributed by atoms with Gasteiger partial charge in [-0.15, -0.1) is 11.3 Å². The molecule has 1 fully saturated rings. The zero-order valence-electron chi connectivity index (χ0n) is 15.8. The summed E-state index contributed by atoms with van der Waals surface area (Å²) in [5.41, 5.74) is 0. The highest BCUT2D eigenvalue weighted by molar-refractivity contribution is 7.93. The minimum Gasteiger partial charge on any atom is -0.497 e. The van der Waals surface area contributed by atoms with Crippen molar-refractivity contribution in [1.82, 2.24) is 9.71 Å². The monoisotopic (exact) mass is 408 g/mol. The summed E-state index contributed by atoms with van der Waals surface area (Å²) in [5.74, 6) is 0.631. The molecule has 0 unspecified atom stereocenters. The van der Waals surface area contributed by atoms with Gasteiger partial charge in [0.05, 0.1) is 12.0 Å². The fraction of sp³-hybridized carbons (Fsp3) is 0.444. The maximum atomic E-state index is 12.8. The molecule has 0 radical (unpaired) electrons. The van der Waals surface area contributed by atoms with Gasteiger partial charge in [-0.2, -0.15) is 0 Å². The van der Waals surface area contributed by atoms with Gasteiger partial charge < -0.3 is 14.6 Å². The molecular formula is C18H25BN2O4S2. The lowest BCUT2D eigenvalue weighted by molar-refractivity contribution is 0.113. The molecule has 0 spiro atoms. The Labute approximate surface area is 165 Å². The number of hydrogen-bond donors (Lipinski definition) is 1. The molecule has 3 rings (SSSR count). The van der Waals surface area contributed by atoms with Gasteiger partial charge in [0.2, 0.25) is 9.84 Å². The molecule has 1 aliphatic heterocycles. The minimum absolute atomic E-state index is 0.274. The van der Waals surface area contributed by atoms with Gasteiger partial charge in [0, 0.05) is 37.1 Å². The smallest absolute Gasteiger partial charge is 0.376 e. The molecule has 2 aromatic rings. The van der Waals surface area contributed by atoms with Crippen molar-refractivity contribution in [2.24, 2.45) is 0 Å². The van der Waals surface area contributed by atoms with Gasteiger partial charge in [-0.25, -0.2) is 8.42 Å². The summed E-state index contributed by atoms with van der Waals surface area (Å²) in [5, 5.41) is 9.74. The summed E-state index contributed by atoms with van der Waals surface area (Å²) >= 11 is 1.32. The van der Waals surface area contributed by atoms with Crippen molar-refractivity contribution >= 4 is 28.2 Å². The SMILES string of the molecule is COc1ccc(S(=O)(=O)c2ccc(CN3CCN(B(C)O)C[C@H]3C)s2)cc1. The number of rotatable bonds is 6. The molecule has 1 aromatic carbocycles. The van der Waals surface area contributed by atoms with E-state index < -0.39 is 16.9 Å². The average Bonchev–Trinajstić information content (AvgIpc) is 3.12. The molecular weight excluding hydrogens is 383 g/mol. The third-order valence-corrected chi connectivity index (χ3v) is 8.29. The summed E-state index contributed by atoms with van der Waals surface area (Å²) in [6.07, 6.45) is 0. The van der Waals surface area contributed by atoms with Gasteiger partial charge in [-0.05, 0) is 50.1 Å². The van der Waals surface area contributed by atoms with Crippen LogP contribution in [-0.2, 0) is 16.4 Å². The first-order valence-corrected chi connectivity index (χ1v) is 11.2. The van der Waals surface area contributed by atoms with Crippen LogP contribution in [0.2, 0.25) is 6.82 Å². The Bertz CT molecular complexity index is 868. The third kappa shape index (κ3) is 4.55. The molecule has 1 aromatic heterocycles. The van der Waals surface area contributed by atoms with Crippen molar-refractivity contribution in [3.8, 4) is 5.75 Å². The largest absolute Gasteiger partial charge is 0.497 e. The highest BCUT2D eigenvalue weighted by Gasteiger charge is 2.28. The Morgan fingerprint density at radius 3 is 2.52 bits per heavy atom. The molecule has 0 bridgehead atoms. The highest BCUT2D eigenvalue weighted by Crippen LogP contribution is 2.30. The lowest BCUT2D eigenvalue weighted by atomic mass is 9.83. The Hall–Kier alpha value is -1.39. The van der Waals surface area contributed by atoms with E-state index in [0.717, 1.165) is 31.1 Å². The fourth-order valence-electron chi connectivity index (χ4n) is 3.26. The van der Waals surface area contributed by atoms with E-state index in [0.29, 0.717) is 16.0 Å². The number of sulfone groups is 1. The van der Waals surface area contributed by atoms with Gasteiger partial charge in [0.15, 0.2) is 0 Å². The molecule has 1 atom stereocenters. The molecule has 0 amide bonds. The van der Waals surface area contributed by atoms with Crippen LogP contribution in [0.4, 0.5) is 0 Å². The number of benzene rings is 1. The Balaban J connectivity index is 1.71. The number of nitrogens with zero attached hydrogens (tertiary/aromatic N) is 2. The quantitative estimate of drug-likeness (QED) is 0.740. The van der Waals surface area contributed by atoms with E-state index in [9.17, 15) is 13.4 Å². The molecule has 2 heterocycles.